The number of rotatable bonds is 7. The van der Waals surface area contributed by atoms with Gasteiger partial charge in [0.25, 0.3) is 5.91 Å². The van der Waals surface area contributed by atoms with E-state index in [0.717, 1.165) is 37.1 Å². The minimum Gasteiger partial charge on any atom is -0.484 e. The van der Waals surface area contributed by atoms with E-state index in [1.165, 1.54) is 36.1 Å². The third kappa shape index (κ3) is 4.34. The van der Waals surface area contributed by atoms with Crippen molar-refractivity contribution in [3.05, 3.63) is 46.8 Å². The average Bonchev–Trinajstić information content (AvgIpc) is 3.45. The number of nitrogens with zero attached hydrogens (tertiary/aromatic N) is 3. The molecule has 0 atom stereocenters. The topological polar surface area (TPSA) is 47.4 Å². The van der Waals surface area contributed by atoms with Crippen molar-refractivity contribution in [3.8, 4) is 5.75 Å². The lowest BCUT2D eigenvalue weighted by Gasteiger charge is -2.28. The van der Waals surface area contributed by atoms with Crippen LogP contribution in [0.5, 0.6) is 5.75 Å². The number of fused-ring (bicyclic) bond motifs is 1. The molecule has 1 aromatic heterocycles. The highest BCUT2D eigenvalue weighted by atomic mass is 16.5. The maximum Gasteiger partial charge on any atom is 0.261 e. The molecule has 0 saturated heterocycles. The van der Waals surface area contributed by atoms with Crippen molar-refractivity contribution in [1.82, 2.24) is 14.7 Å². The number of ether oxygens (including phenoxy) is 1. The van der Waals surface area contributed by atoms with Crippen LogP contribution in [-0.4, -0.2) is 33.2 Å². The standard InChI is InChI=1S/C24H33N3O2/c1-17(2)18-11-13-20(14-12-18)29-16-24(28)27(19-7-4-5-8-19)15-22-21-9-6-10-23(21)26(3)25-22/h11-14,17,19H,4-10,15-16H2,1-3H3. The monoisotopic (exact) mass is 395 g/mol. The molecular weight excluding hydrogens is 362 g/mol. The van der Waals surface area contributed by atoms with Gasteiger partial charge in [-0.3, -0.25) is 9.48 Å². The van der Waals surface area contributed by atoms with Gasteiger partial charge in [-0.05, 0) is 61.3 Å². The maximum atomic E-state index is 13.2. The number of hydrogen-bond donors (Lipinski definition) is 0. The lowest BCUT2D eigenvalue weighted by Crippen LogP contribution is -2.41. The predicted octanol–water partition coefficient (Wildman–Crippen LogP) is 4.38. The fraction of sp³-hybridized carbons (Fsp3) is 0.583. The van der Waals surface area contributed by atoms with E-state index in [9.17, 15) is 4.79 Å². The van der Waals surface area contributed by atoms with Crippen molar-refractivity contribution in [2.24, 2.45) is 7.05 Å². The third-order valence-electron chi connectivity index (χ3n) is 6.51. The zero-order valence-corrected chi connectivity index (χ0v) is 18.0. The Morgan fingerprint density at radius 3 is 2.59 bits per heavy atom. The molecule has 0 N–H and O–H groups in total. The van der Waals surface area contributed by atoms with Crippen molar-refractivity contribution in [2.45, 2.75) is 77.3 Å². The minimum atomic E-state index is 0.0715. The molecule has 1 fully saturated rings. The molecule has 2 aliphatic rings. The summed E-state index contributed by atoms with van der Waals surface area (Å²) in [6, 6.07) is 8.41. The van der Waals surface area contributed by atoms with E-state index in [0.29, 0.717) is 18.5 Å². The third-order valence-corrected chi connectivity index (χ3v) is 6.51. The second-order valence-corrected chi connectivity index (χ2v) is 8.82. The summed E-state index contributed by atoms with van der Waals surface area (Å²) in [5, 5.41) is 4.75. The fourth-order valence-corrected chi connectivity index (χ4v) is 4.80. The molecular formula is C24H33N3O2. The highest BCUT2D eigenvalue weighted by Crippen LogP contribution is 2.29. The lowest BCUT2D eigenvalue weighted by atomic mass is 10.0. The van der Waals surface area contributed by atoms with Crippen molar-refractivity contribution in [1.29, 1.82) is 0 Å². The largest absolute Gasteiger partial charge is 0.484 e. The Morgan fingerprint density at radius 1 is 1.17 bits per heavy atom. The Hall–Kier alpha value is -2.30. The predicted molar refractivity (Wildman–Crippen MR) is 114 cm³/mol. The van der Waals surface area contributed by atoms with Gasteiger partial charge in [-0.1, -0.05) is 38.8 Å². The van der Waals surface area contributed by atoms with Crippen molar-refractivity contribution < 1.29 is 9.53 Å². The Morgan fingerprint density at radius 2 is 1.90 bits per heavy atom. The normalized spacial score (nSPS) is 16.4. The molecule has 1 aromatic carbocycles. The molecule has 5 nitrogen and oxygen atoms in total. The summed E-state index contributed by atoms with van der Waals surface area (Å²) in [5.41, 5.74) is 5.08. The van der Waals surface area contributed by atoms with Gasteiger partial charge in [-0.25, -0.2) is 0 Å². The van der Waals surface area contributed by atoms with Crippen LogP contribution in [0.25, 0.3) is 0 Å². The summed E-state index contributed by atoms with van der Waals surface area (Å²) < 4.78 is 7.88. The lowest BCUT2D eigenvalue weighted by molar-refractivity contribution is -0.136. The smallest absolute Gasteiger partial charge is 0.261 e. The first-order valence-electron chi connectivity index (χ1n) is 11.1. The van der Waals surface area contributed by atoms with E-state index in [1.807, 2.05) is 28.8 Å². The summed E-state index contributed by atoms with van der Waals surface area (Å²) in [5.74, 6) is 1.32. The molecule has 156 valence electrons. The minimum absolute atomic E-state index is 0.0715. The molecule has 0 unspecified atom stereocenters. The van der Waals surface area contributed by atoms with Crippen LogP contribution in [0.4, 0.5) is 0 Å². The van der Waals surface area contributed by atoms with E-state index < -0.39 is 0 Å². The Labute approximate surface area is 174 Å². The molecule has 29 heavy (non-hydrogen) atoms. The number of carbonyl (C=O) groups excluding carboxylic acids is 1. The van der Waals surface area contributed by atoms with Gasteiger partial charge in [0.05, 0.1) is 12.2 Å². The molecule has 2 aromatic rings. The van der Waals surface area contributed by atoms with Crippen LogP contribution in [0.15, 0.2) is 24.3 Å². The number of benzene rings is 1. The van der Waals surface area contributed by atoms with E-state index in [-0.39, 0.29) is 12.5 Å². The zero-order valence-electron chi connectivity index (χ0n) is 18.0. The van der Waals surface area contributed by atoms with Crippen LogP contribution >= 0.6 is 0 Å². The quantitative estimate of drug-likeness (QED) is 0.699. The first kappa shape index (κ1) is 20.0. The van der Waals surface area contributed by atoms with Gasteiger partial charge in [-0.15, -0.1) is 0 Å². The van der Waals surface area contributed by atoms with Crippen LogP contribution in [-0.2, 0) is 31.2 Å². The fourth-order valence-electron chi connectivity index (χ4n) is 4.80. The molecule has 2 aliphatic carbocycles. The number of aromatic nitrogens is 2. The Bertz CT molecular complexity index is 848. The van der Waals surface area contributed by atoms with Crippen LogP contribution in [0.3, 0.4) is 0 Å². The summed E-state index contributed by atoms with van der Waals surface area (Å²) >= 11 is 0. The molecule has 1 amide bonds. The van der Waals surface area contributed by atoms with E-state index in [4.69, 9.17) is 9.84 Å². The van der Waals surface area contributed by atoms with Gasteiger partial charge in [0.2, 0.25) is 0 Å². The van der Waals surface area contributed by atoms with Gasteiger partial charge >= 0.3 is 0 Å². The molecule has 1 saturated carbocycles. The molecule has 5 heteroatoms. The highest BCUT2D eigenvalue weighted by Gasteiger charge is 2.30. The van der Waals surface area contributed by atoms with Crippen molar-refractivity contribution in [3.63, 3.8) is 0 Å². The van der Waals surface area contributed by atoms with Gasteiger partial charge in [-0.2, -0.15) is 5.10 Å². The van der Waals surface area contributed by atoms with Gasteiger partial charge < -0.3 is 9.64 Å². The zero-order chi connectivity index (χ0) is 20.4. The molecule has 0 spiro atoms. The van der Waals surface area contributed by atoms with E-state index in [1.54, 1.807) is 0 Å². The summed E-state index contributed by atoms with van der Waals surface area (Å²) in [6.07, 6.45) is 7.96. The maximum absolute atomic E-state index is 13.2. The first-order valence-corrected chi connectivity index (χ1v) is 11.1. The molecule has 1 heterocycles. The first-order chi connectivity index (χ1) is 14.0. The van der Waals surface area contributed by atoms with Crippen LogP contribution in [0.2, 0.25) is 0 Å². The van der Waals surface area contributed by atoms with Crippen LogP contribution in [0, 0.1) is 0 Å². The van der Waals surface area contributed by atoms with Gasteiger partial charge in [0.1, 0.15) is 5.75 Å². The number of aryl methyl sites for hydroxylation is 1. The van der Waals surface area contributed by atoms with Crippen molar-refractivity contribution >= 4 is 5.91 Å². The van der Waals surface area contributed by atoms with Crippen LogP contribution in [0.1, 0.15) is 74.4 Å². The second kappa shape index (κ2) is 8.60. The van der Waals surface area contributed by atoms with Gasteiger partial charge in [0.15, 0.2) is 6.61 Å². The Kier molecular flexibility index (Phi) is 5.93. The summed E-state index contributed by atoms with van der Waals surface area (Å²) in [6.45, 7) is 5.05. The van der Waals surface area contributed by atoms with E-state index in [2.05, 4.69) is 26.0 Å². The Balaban J connectivity index is 1.45. The number of amides is 1. The highest BCUT2D eigenvalue weighted by molar-refractivity contribution is 5.78. The van der Waals surface area contributed by atoms with Crippen LogP contribution < -0.4 is 4.74 Å². The number of hydrogen-bond acceptors (Lipinski definition) is 3. The second-order valence-electron chi connectivity index (χ2n) is 8.82. The van der Waals surface area contributed by atoms with E-state index >= 15 is 0 Å². The molecule has 0 radical (unpaired) electrons. The van der Waals surface area contributed by atoms with Gasteiger partial charge in [0, 0.05) is 18.8 Å². The summed E-state index contributed by atoms with van der Waals surface area (Å²) in [4.78, 5) is 15.2. The summed E-state index contributed by atoms with van der Waals surface area (Å²) in [7, 11) is 2.03. The SMILES string of the molecule is CC(C)c1ccc(OCC(=O)N(Cc2nn(C)c3c2CCC3)C2CCCC2)cc1. The molecule has 4 rings (SSSR count). The molecule has 0 aliphatic heterocycles. The number of carbonyl (C=O) groups is 1. The van der Waals surface area contributed by atoms with Crippen molar-refractivity contribution in [2.75, 3.05) is 6.61 Å². The average molecular weight is 396 g/mol. The molecule has 0 bridgehead atoms.